The highest BCUT2D eigenvalue weighted by Gasteiger charge is 2.12. The lowest BCUT2D eigenvalue weighted by atomic mass is 10.2. The van der Waals surface area contributed by atoms with E-state index < -0.39 is 0 Å². The van der Waals surface area contributed by atoms with E-state index in [1.54, 1.807) is 30.3 Å². The minimum atomic E-state index is -0.338. The minimum Gasteiger partial charge on any atom is -0.497 e. The molecule has 1 aromatic carbocycles. The maximum Gasteiger partial charge on any atom is 0.299 e. The summed E-state index contributed by atoms with van der Waals surface area (Å²) in [6, 6.07) is 13.1. The van der Waals surface area contributed by atoms with Gasteiger partial charge < -0.3 is 14.3 Å². The van der Waals surface area contributed by atoms with Gasteiger partial charge in [0.05, 0.1) is 13.4 Å². The van der Waals surface area contributed by atoms with E-state index in [4.69, 9.17) is 4.74 Å². The number of methoxy groups -OCH3 is 1. The van der Waals surface area contributed by atoms with Gasteiger partial charge in [-0.15, -0.1) is 0 Å². The number of pyridine rings is 1. The predicted octanol–water partition coefficient (Wildman–Crippen LogP) is 2.24. The van der Waals surface area contributed by atoms with E-state index in [1.165, 1.54) is 0 Å². The third-order valence-electron chi connectivity index (χ3n) is 3.89. The van der Waals surface area contributed by atoms with Gasteiger partial charge in [0, 0.05) is 12.7 Å². The van der Waals surface area contributed by atoms with Gasteiger partial charge in [-0.1, -0.05) is 18.2 Å². The Kier molecular flexibility index (Phi) is 3.74. The van der Waals surface area contributed by atoms with Crippen LogP contribution in [0.2, 0.25) is 0 Å². The fraction of sp³-hybridized carbons (Fsp3) is 0.111. The molecular formula is C18H15N5O2. The van der Waals surface area contributed by atoms with Crippen LogP contribution in [0.5, 0.6) is 5.75 Å². The maximum absolute atomic E-state index is 12.5. The summed E-state index contributed by atoms with van der Waals surface area (Å²) in [7, 11) is 1.62. The standard InChI is InChI=1S/C18H15N5O2/c1-25-13-6-4-5-12(9-13)10-23-11-20-17-15(23)18(24)22-16(21-17)14-7-2-3-8-19-14/h2-9,11H,10H2,1H3,(H,21,22,24). The second kappa shape index (κ2) is 6.20. The highest BCUT2D eigenvalue weighted by Crippen LogP contribution is 2.16. The molecule has 0 saturated heterocycles. The molecule has 7 nitrogen and oxygen atoms in total. The topological polar surface area (TPSA) is 85.7 Å². The Balaban J connectivity index is 1.76. The molecule has 7 heteroatoms. The molecule has 0 aliphatic rings. The van der Waals surface area contributed by atoms with Crippen LogP contribution in [0.15, 0.2) is 59.8 Å². The van der Waals surface area contributed by atoms with Crippen molar-refractivity contribution >= 4 is 11.2 Å². The summed E-state index contributed by atoms with van der Waals surface area (Å²) in [5.41, 5.74) is 2.19. The van der Waals surface area contributed by atoms with Crippen LogP contribution in [-0.2, 0) is 6.54 Å². The average molecular weight is 333 g/mol. The Morgan fingerprint density at radius 1 is 1.16 bits per heavy atom. The number of fused-ring (bicyclic) bond motifs is 1. The Hall–Kier alpha value is -3.48. The summed E-state index contributed by atoms with van der Waals surface area (Å²) >= 11 is 0. The van der Waals surface area contributed by atoms with Crippen molar-refractivity contribution < 1.29 is 4.74 Å². The summed E-state index contributed by atoms with van der Waals surface area (Å²) in [6.07, 6.45) is 3.28. The number of aromatic amines is 1. The summed E-state index contributed by atoms with van der Waals surface area (Å²) in [4.78, 5) is 28.2. The number of aromatic nitrogens is 5. The van der Waals surface area contributed by atoms with Crippen molar-refractivity contribution in [2.75, 3.05) is 7.11 Å². The first-order valence-electron chi connectivity index (χ1n) is 7.74. The molecule has 4 aromatic rings. The number of rotatable bonds is 4. The highest BCUT2D eigenvalue weighted by atomic mass is 16.5. The molecule has 0 saturated carbocycles. The third-order valence-corrected chi connectivity index (χ3v) is 3.89. The van der Waals surface area contributed by atoms with Crippen LogP contribution in [0.3, 0.4) is 0 Å². The van der Waals surface area contributed by atoms with E-state index >= 15 is 0 Å². The Labute approximate surface area is 143 Å². The third kappa shape index (κ3) is 2.87. The molecule has 1 N–H and O–H groups in total. The largest absolute Gasteiger partial charge is 0.497 e. The highest BCUT2D eigenvalue weighted by molar-refractivity contribution is 5.72. The van der Waals surface area contributed by atoms with E-state index in [0.717, 1.165) is 11.3 Å². The lowest BCUT2D eigenvalue weighted by molar-refractivity contribution is 0.414. The van der Waals surface area contributed by atoms with Crippen molar-refractivity contribution in [3.05, 3.63) is 70.9 Å². The molecule has 0 bridgehead atoms. The van der Waals surface area contributed by atoms with Crippen molar-refractivity contribution in [3.63, 3.8) is 0 Å². The number of hydrogen-bond acceptors (Lipinski definition) is 5. The first-order valence-corrected chi connectivity index (χ1v) is 7.74. The number of hydrogen-bond donors (Lipinski definition) is 1. The first-order chi connectivity index (χ1) is 12.2. The molecule has 0 fully saturated rings. The molecule has 25 heavy (non-hydrogen) atoms. The zero-order valence-electron chi connectivity index (χ0n) is 13.5. The van der Waals surface area contributed by atoms with Gasteiger partial charge in [-0.25, -0.2) is 4.98 Å². The van der Waals surface area contributed by atoms with E-state index in [2.05, 4.69) is 19.9 Å². The zero-order chi connectivity index (χ0) is 17.2. The van der Waals surface area contributed by atoms with Gasteiger partial charge in [0.15, 0.2) is 17.0 Å². The summed E-state index contributed by atoms with van der Waals surface area (Å²) in [6.45, 7) is 0.501. The number of nitrogens with zero attached hydrogens (tertiary/aromatic N) is 4. The van der Waals surface area contributed by atoms with Crippen molar-refractivity contribution in [3.8, 4) is 17.3 Å². The normalized spacial score (nSPS) is 10.9. The van der Waals surface area contributed by atoms with Gasteiger partial charge in [0.1, 0.15) is 11.4 Å². The number of H-pyrrole nitrogens is 1. The molecule has 124 valence electrons. The lowest BCUT2D eigenvalue weighted by Crippen LogP contribution is -2.14. The van der Waals surface area contributed by atoms with E-state index in [9.17, 15) is 4.79 Å². The van der Waals surface area contributed by atoms with Crippen molar-refractivity contribution in [2.45, 2.75) is 6.54 Å². The van der Waals surface area contributed by atoms with Crippen LogP contribution in [0.25, 0.3) is 22.7 Å². The molecule has 0 amide bonds. The molecule has 4 rings (SSSR count). The molecular weight excluding hydrogens is 318 g/mol. The Morgan fingerprint density at radius 3 is 2.88 bits per heavy atom. The number of benzene rings is 1. The van der Waals surface area contributed by atoms with Gasteiger partial charge in [-0.3, -0.25) is 9.78 Å². The van der Waals surface area contributed by atoms with Crippen LogP contribution >= 0.6 is 0 Å². The van der Waals surface area contributed by atoms with E-state index in [0.29, 0.717) is 29.2 Å². The summed E-state index contributed by atoms with van der Waals surface area (Å²) in [5, 5.41) is 0. The van der Waals surface area contributed by atoms with Gasteiger partial charge >= 0.3 is 0 Å². The summed E-state index contributed by atoms with van der Waals surface area (Å²) in [5.74, 6) is 1.18. The zero-order valence-corrected chi connectivity index (χ0v) is 13.5. The quantitative estimate of drug-likeness (QED) is 0.619. The SMILES string of the molecule is COc1cccc(Cn2cnc3[nH]c(-c4ccccn4)nc(=O)c32)c1. The fourth-order valence-electron chi connectivity index (χ4n) is 2.70. The van der Waals surface area contributed by atoms with Crippen LogP contribution in [-0.4, -0.2) is 31.6 Å². The van der Waals surface area contributed by atoms with Gasteiger partial charge in [0.25, 0.3) is 5.56 Å². The van der Waals surface area contributed by atoms with Crippen LogP contribution in [0, 0.1) is 0 Å². The molecule has 0 unspecified atom stereocenters. The van der Waals surface area contributed by atoms with Crippen molar-refractivity contribution in [1.82, 2.24) is 24.5 Å². The molecule has 0 aliphatic carbocycles. The molecule has 0 atom stereocenters. The molecule has 0 spiro atoms. The maximum atomic E-state index is 12.5. The fourth-order valence-corrected chi connectivity index (χ4v) is 2.70. The van der Waals surface area contributed by atoms with Crippen molar-refractivity contribution in [1.29, 1.82) is 0 Å². The van der Waals surface area contributed by atoms with Crippen LogP contribution in [0.4, 0.5) is 0 Å². The minimum absolute atomic E-state index is 0.338. The van der Waals surface area contributed by atoms with E-state index in [1.807, 2.05) is 36.4 Å². The van der Waals surface area contributed by atoms with Crippen LogP contribution in [0.1, 0.15) is 5.56 Å². The monoisotopic (exact) mass is 333 g/mol. The molecule has 0 aliphatic heterocycles. The Bertz CT molecular complexity index is 1090. The van der Waals surface area contributed by atoms with Crippen LogP contribution < -0.4 is 10.3 Å². The first kappa shape index (κ1) is 15.1. The lowest BCUT2D eigenvalue weighted by Gasteiger charge is -2.06. The number of nitrogens with one attached hydrogen (secondary N) is 1. The average Bonchev–Trinajstić information content (AvgIpc) is 3.06. The van der Waals surface area contributed by atoms with Gasteiger partial charge in [-0.05, 0) is 29.8 Å². The summed E-state index contributed by atoms with van der Waals surface area (Å²) < 4.78 is 7.01. The second-order valence-corrected chi connectivity index (χ2v) is 5.53. The molecule has 3 heterocycles. The molecule has 0 radical (unpaired) electrons. The second-order valence-electron chi connectivity index (χ2n) is 5.53. The predicted molar refractivity (Wildman–Crippen MR) is 93.5 cm³/mol. The number of imidazole rings is 1. The van der Waals surface area contributed by atoms with Crippen molar-refractivity contribution in [2.24, 2.45) is 0 Å². The Morgan fingerprint density at radius 2 is 2.08 bits per heavy atom. The van der Waals surface area contributed by atoms with Gasteiger partial charge in [-0.2, -0.15) is 4.98 Å². The number of ether oxygens (including phenoxy) is 1. The van der Waals surface area contributed by atoms with Gasteiger partial charge in [0.2, 0.25) is 0 Å². The van der Waals surface area contributed by atoms with E-state index in [-0.39, 0.29) is 5.56 Å². The molecule has 3 aromatic heterocycles. The smallest absolute Gasteiger partial charge is 0.299 e.